The third-order valence-corrected chi connectivity index (χ3v) is 13.3. The molecule has 0 unspecified atom stereocenters. The zero-order valence-electron chi connectivity index (χ0n) is 38.8. The number of carbonyl (C=O) groups excluding carboxylic acids is 4. The van der Waals surface area contributed by atoms with E-state index in [2.05, 4.69) is 54.0 Å². The van der Waals surface area contributed by atoms with Crippen molar-refractivity contribution in [2.24, 2.45) is 0 Å². The van der Waals surface area contributed by atoms with E-state index in [9.17, 15) is 19.2 Å². The number of nitrogens with one attached hydrogen (secondary N) is 1. The molecule has 4 saturated carbocycles. The Morgan fingerprint density at radius 3 is 1.14 bits per heavy atom. The summed E-state index contributed by atoms with van der Waals surface area (Å²) in [6.45, 7) is 0. The lowest BCUT2D eigenvalue weighted by Crippen LogP contribution is -2.36. The second kappa shape index (κ2) is 26.5. The number of carbonyl (C=O) groups is 4. The number of rotatable bonds is 10. The fourth-order valence-corrected chi connectivity index (χ4v) is 9.69. The van der Waals surface area contributed by atoms with E-state index in [1.54, 1.807) is 21.3 Å². The first-order chi connectivity index (χ1) is 32.3. The largest absolute Gasteiger partial charge is 0.374 e. The molecule has 1 N–H and O–H groups in total. The highest BCUT2D eigenvalue weighted by Gasteiger charge is 2.35. The van der Waals surface area contributed by atoms with E-state index in [1.165, 1.54) is 22.3 Å². The second-order valence-electron chi connectivity index (χ2n) is 17.6. The zero-order chi connectivity index (χ0) is 46.5. The minimum absolute atomic E-state index is 0.128. The molecule has 348 valence electrons. The van der Waals surface area contributed by atoms with Gasteiger partial charge in [0, 0.05) is 58.8 Å². The van der Waals surface area contributed by atoms with Crippen molar-refractivity contribution in [3.8, 4) is 0 Å². The summed E-state index contributed by atoms with van der Waals surface area (Å²) in [4.78, 5) is 53.0. The third-order valence-electron chi connectivity index (χ3n) is 13.3. The summed E-state index contributed by atoms with van der Waals surface area (Å²) >= 11 is 0. The van der Waals surface area contributed by atoms with Crippen molar-refractivity contribution >= 4 is 28.8 Å². The van der Waals surface area contributed by atoms with Crippen LogP contribution in [0.1, 0.15) is 123 Å². The molecule has 0 aliphatic heterocycles. The lowest BCUT2D eigenvalue weighted by molar-refractivity contribution is -0.133. The average Bonchev–Trinajstić information content (AvgIpc) is 3.38. The van der Waals surface area contributed by atoms with Crippen LogP contribution in [0.2, 0.25) is 0 Å². The molecule has 4 aliphatic carbocycles. The number of ether oxygens (including phenoxy) is 3. The molecule has 4 fully saturated rings. The summed E-state index contributed by atoms with van der Waals surface area (Å²) in [6.07, 6.45) is 9.31. The molecule has 9 heteroatoms. The summed E-state index contributed by atoms with van der Waals surface area (Å²) in [5.41, 5.74) is 8.74. The van der Waals surface area contributed by atoms with Crippen LogP contribution in [-0.4, -0.2) is 68.9 Å². The summed E-state index contributed by atoms with van der Waals surface area (Å²) in [5.74, 6) is 2.09. The van der Waals surface area contributed by atoms with Crippen molar-refractivity contribution in [1.29, 1.82) is 0 Å². The summed E-state index contributed by atoms with van der Waals surface area (Å²) in [5, 5.41) is 0. The van der Waals surface area contributed by atoms with Crippen molar-refractivity contribution in [1.82, 2.24) is 0 Å². The quantitative estimate of drug-likeness (QED) is 0.137. The molecular formula is C57H67NO8. The number of hydrogen-bond donors (Lipinski definition) is 1. The smallest absolute Gasteiger partial charge is 0.164 e. The molecule has 0 heterocycles. The maximum Gasteiger partial charge on any atom is 0.164 e. The molecule has 0 spiro atoms. The molecule has 5 aromatic rings. The SMILES string of the molecule is CO[C@@H]1CC[C@@H](c2ccccc2)CC1=O.CO[C@@H]1CC[C@H](c2ccccc2)CC1=O.CO[C@H]1C(=O)CCC[C@@H]1c1ccccc1.O=C1CCC[C@@H](c2ccccc2)[C@H]1ONc1ccccc1. The minimum atomic E-state index is -0.415. The normalized spacial score (nSPS) is 25.1. The van der Waals surface area contributed by atoms with Crippen molar-refractivity contribution in [3.05, 3.63) is 174 Å². The maximum atomic E-state index is 12.2. The van der Waals surface area contributed by atoms with Crippen LogP contribution in [0.25, 0.3) is 0 Å². The molecule has 0 saturated heterocycles. The van der Waals surface area contributed by atoms with E-state index in [-0.39, 0.29) is 53.3 Å². The molecule has 8 atom stereocenters. The fraction of sp³-hybridized carbons (Fsp3) is 0.404. The van der Waals surface area contributed by atoms with E-state index in [0.29, 0.717) is 37.5 Å². The Hall–Kier alpha value is -5.58. The molecule has 4 aliphatic rings. The number of methoxy groups -OCH3 is 3. The van der Waals surface area contributed by atoms with Crippen molar-refractivity contribution < 1.29 is 38.2 Å². The van der Waals surface area contributed by atoms with Gasteiger partial charge in [-0.15, -0.1) is 0 Å². The standard InChI is InChI=1S/C18H19NO2.3C13H16O2/c20-17-13-7-12-16(14-8-3-1-4-9-14)18(17)21-19-15-10-5-2-6-11-15;1-15-13-11(8-5-9-12(13)14)10-6-3-2-4-7-10;2*1-15-13-8-7-11(9-12(13)14)10-5-3-2-4-6-10/h1-6,8-11,16,18-19H,7,12-13H2;2-4,6-7,11,13H,5,8-9H2,1H3;2*2-6,11,13H,7-9H2,1H3/t16-,18+;11-,13-;11-,13+;11-,13-/m0101/s1. The van der Waals surface area contributed by atoms with Crippen molar-refractivity contribution in [2.45, 2.75) is 125 Å². The molecule has 9 rings (SSSR count). The van der Waals surface area contributed by atoms with Gasteiger partial charge in [-0.3, -0.25) is 29.5 Å². The Bertz CT molecular complexity index is 2130. The average molecular weight is 894 g/mol. The first-order valence-electron chi connectivity index (χ1n) is 23.6. The van der Waals surface area contributed by atoms with E-state index >= 15 is 0 Å². The van der Waals surface area contributed by atoms with Gasteiger partial charge in [-0.2, -0.15) is 0 Å². The van der Waals surface area contributed by atoms with Crippen LogP contribution in [0.4, 0.5) is 5.69 Å². The van der Waals surface area contributed by atoms with E-state index in [0.717, 1.165) is 57.1 Å². The van der Waals surface area contributed by atoms with Crippen LogP contribution in [0.15, 0.2) is 152 Å². The third kappa shape index (κ3) is 14.5. The van der Waals surface area contributed by atoms with Crippen LogP contribution >= 0.6 is 0 Å². The molecule has 66 heavy (non-hydrogen) atoms. The predicted octanol–water partition coefficient (Wildman–Crippen LogP) is 11.6. The summed E-state index contributed by atoms with van der Waals surface area (Å²) in [7, 11) is 4.86. The topological polar surface area (TPSA) is 117 Å². The molecule has 0 bridgehead atoms. The molecule has 9 nitrogen and oxygen atoms in total. The Kier molecular flexibility index (Phi) is 20.0. The van der Waals surface area contributed by atoms with Crippen LogP contribution in [0, 0.1) is 0 Å². The van der Waals surface area contributed by atoms with Crippen molar-refractivity contribution in [3.63, 3.8) is 0 Å². The van der Waals surface area contributed by atoms with Gasteiger partial charge in [-0.1, -0.05) is 140 Å². The van der Waals surface area contributed by atoms with E-state index < -0.39 is 6.10 Å². The van der Waals surface area contributed by atoms with Gasteiger partial charge in [0.1, 0.15) is 18.3 Å². The van der Waals surface area contributed by atoms with Crippen LogP contribution < -0.4 is 5.48 Å². The van der Waals surface area contributed by atoms with Gasteiger partial charge in [0.2, 0.25) is 0 Å². The number of Topliss-reactive ketones (excluding diaryl/α,β-unsaturated/α-hetero) is 4. The van der Waals surface area contributed by atoms with Gasteiger partial charge in [0.15, 0.2) is 29.2 Å². The first kappa shape index (κ1) is 49.8. The van der Waals surface area contributed by atoms with Gasteiger partial charge in [-0.25, -0.2) is 0 Å². The van der Waals surface area contributed by atoms with Crippen molar-refractivity contribution in [2.75, 3.05) is 26.8 Å². The van der Waals surface area contributed by atoms with Crippen LogP contribution in [-0.2, 0) is 38.2 Å². The van der Waals surface area contributed by atoms with Gasteiger partial charge in [0.25, 0.3) is 0 Å². The highest BCUT2D eigenvalue weighted by molar-refractivity contribution is 5.86. The monoisotopic (exact) mass is 893 g/mol. The number of benzene rings is 5. The highest BCUT2D eigenvalue weighted by atomic mass is 16.7. The van der Waals surface area contributed by atoms with Crippen LogP contribution in [0.3, 0.4) is 0 Å². The van der Waals surface area contributed by atoms with Crippen LogP contribution in [0.5, 0.6) is 0 Å². The molecule has 0 radical (unpaired) electrons. The Labute approximate surface area is 391 Å². The fourth-order valence-electron chi connectivity index (χ4n) is 9.69. The zero-order valence-corrected chi connectivity index (χ0v) is 38.8. The molecule has 5 aromatic carbocycles. The van der Waals surface area contributed by atoms with Gasteiger partial charge >= 0.3 is 0 Å². The highest BCUT2D eigenvalue weighted by Crippen LogP contribution is 2.35. The summed E-state index contributed by atoms with van der Waals surface area (Å²) in [6, 6.07) is 50.5. The summed E-state index contributed by atoms with van der Waals surface area (Å²) < 4.78 is 15.6. The Morgan fingerprint density at radius 1 is 0.394 bits per heavy atom. The Morgan fingerprint density at radius 2 is 0.758 bits per heavy atom. The number of para-hydroxylation sites is 1. The maximum absolute atomic E-state index is 12.2. The minimum Gasteiger partial charge on any atom is -0.374 e. The van der Waals surface area contributed by atoms with Gasteiger partial charge in [-0.05, 0) is 97.6 Å². The lowest BCUT2D eigenvalue weighted by Gasteiger charge is -2.30. The Balaban J connectivity index is 0.000000147. The van der Waals surface area contributed by atoms with Gasteiger partial charge in [0.05, 0.1) is 5.69 Å². The molecule has 0 amide bonds. The van der Waals surface area contributed by atoms with E-state index in [4.69, 9.17) is 19.0 Å². The number of ketones is 4. The first-order valence-corrected chi connectivity index (χ1v) is 23.6. The molecule has 0 aromatic heterocycles. The number of hydrogen-bond acceptors (Lipinski definition) is 9. The number of anilines is 1. The van der Waals surface area contributed by atoms with E-state index in [1.807, 2.05) is 103 Å². The molecular weight excluding hydrogens is 827 g/mol. The van der Waals surface area contributed by atoms with Gasteiger partial charge < -0.3 is 14.2 Å². The second-order valence-corrected chi connectivity index (χ2v) is 17.6. The lowest BCUT2D eigenvalue weighted by atomic mass is 9.81. The predicted molar refractivity (Wildman–Crippen MR) is 259 cm³/mol.